The quantitative estimate of drug-likeness (QED) is 0.377. The van der Waals surface area contributed by atoms with Crippen LogP contribution in [0.2, 0.25) is 0 Å². The number of nitrogens with zero attached hydrogens (tertiary/aromatic N) is 1. The molecule has 1 saturated heterocycles. The van der Waals surface area contributed by atoms with Crippen molar-refractivity contribution in [2.24, 2.45) is 0 Å². The molecule has 3 aromatic rings. The van der Waals surface area contributed by atoms with E-state index in [1.165, 1.54) is 7.11 Å². The van der Waals surface area contributed by atoms with E-state index in [9.17, 15) is 18.3 Å². The average molecular weight is 555 g/mol. The normalized spacial score (nSPS) is 17.0. The van der Waals surface area contributed by atoms with Crippen LogP contribution in [0.1, 0.15) is 31.5 Å². The van der Waals surface area contributed by atoms with Crippen LogP contribution >= 0.6 is 15.9 Å². The van der Waals surface area contributed by atoms with Crippen LogP contribution < -0.4 is 9.64 Å². The molecule has 5 nitrogen and oxygen atoms in total. The summed E-state index contributed by atoms with van der Waals surface area (Å²) >= 11 is 3.39. The van der Waals surface area contributed by atoms with Crippen LogP contribution in [0, 0.1) is 0 Å². The Morgan fingerprint density at radius 2 is 1.80 bits per heavy atom. The molecule has 0 bridgehead atoms. The highest BCUT2D eigenvalue weighted by molar-refractivity contribution is 9.10. The summed E-state index contributed by atoms with van der Waals surface area (Å²) in [6, 6.07) is 12.7. The number of hydrogen-bond acceptors (Lipinski definition) is 4. The van der Waals surface area contributed by atoms with E-state index in [2.05, 4.69) is 25.8 Å². The number of aliphatic hydroxyl groups is 1. The number of benzene rings is 2. The maximum absolute atomic E-state index is 14.3. The molecule has 1 atom stereocenters. The Balaban J connectivity index is 1.64. The first kappa shape index (κ1) is 25.9. The Hall–Kier alpha value is -2.23. The standard InChI is InChI=1S/C26H30BrF3N2O3/c1-24(2,21-14-18(27)4-7-23(21)34-3)16-25(33,26(28,29)30)15-19-12-17-13-20(5-6-22(17)31-19)32-8-10-35-11-9-32/h4-7,12-14,31,33H,8-11,15-16H2,1-3H3. The largest absolute Gasteiger partial charge is 0.496 e. The van der Waals surface area contributed by atoms with E-state index in [0.717, 1.165) is 34.2 Å². The topological polar surface area (TPSA) is 57.7 Å². The third kappa shape index (κ3) is 5.47. The van der Waals surface area contributed by atoms with Gasteiger partial charge in [0.2, 0.25) is 0 Å². The average Bonchev–Trinajstić information content (AvgIpc) is 3.19. The van der Waals surface area contributed by atoms with Crippen LogP contribution in [0.5, 0.6) is 5.75 Å². The summed E-state index contributed by atoms with van der Waals surface area (Å²) in [6.45, 7) is 6.21. The van der Waals surface area contributed by atoms with Gasteiger partial charge in [0.1, 0.15) is 5.75 Å². The second-order valence-electron chi connectivity index (χ2n) is 9.78. The minimum atomic E-state index is -4.83. The Morgan fingerprint density at radius 1 is 1.09 bits per heavy atom. The lowest BCUT2D eigenvalue weighted by Crippen LogP contribution is -2.51. The number of hydrogen-bond donors (Lipinski definition) is 2. The molecule has 1 fully saturated rings. The van der Waals surface area contributed by atoms with Gasteiger partial charge in [-0.3, -0.25) is 0 Å². The number of anilines is 1. The number of halogens is 4. The number of nitrogens with one attached hydrogen (secondary N) is 1. The van der Waals surface area contributed by atoms with E-state index in [4.69, 9.17) is 9.47 Å². The second kappa shape index (κ2) is 9.67. The van der Waals surface area contributed by atoms with Gasteiger partial charge in [-0.1, -0.05) is 29.8 Å². The van der Waals surface area contributed by atoms with Crippen molar-refractivity contribution in [3.8, 4) is 5.75 Å². The van der Waals surface area contributed by atoms with E-state index < -0.39 is 30.0 Å². The van der Waals surface area contributed by atoms with Crippen LogP contribution in [0.15, 0.2) is 46.9 Å². The first-order chi connectivity index (χ1) is 16.4. The summed E-state index contributed by atoms with van der Waals surface area (Å²) in [5, 5.41) is 11.9. The van der Waals surface area contributed by atoms with Gasteiger partial charge in [-0.05, 0) is 54.3 Å². The zero-order valence-corrected chi connectivity index (χ0v) is 21.6. The van der Waals surface area contributed by atoms with Gasteiger partial charge in [-0.15, -0.1) is 0 Å². The van der Waals surface area contributed by atoms with Crippen molar-refractivity contribution >= 4 is 32.5 Å². The maximum atomic E-state index is 14.3. The van der Waals surface area contributed by atoms with Crippen molar-refractivity contribution in [2.75, 3.05) is 38.3 Å². The summed E-state index contributed by atoms with van der Waals surface area (Å²) in [5.74, 6) is 0.476. The monoisotopic (exact) mass is 554 g/mol. The molecule has 35 heavy (non-hydrogen) atoms. The minimum Gasteiger partial charge on any atom is -0.496 e. The number of fused-ring (bicyclic) bond motifs is 1. The highest BCUT2D eigenvalue weighted by Crippen LogP contribution is 2.45. The molecule has 0 aliphatic carbocycles. The molecule has 4 rings (SSSR count). The number of rotatable bonds is 7. The fraction of sp³-hybridized carbons (Fsp3) is 0.462. The summed E-state index contributed by atoms with van der Waals surface area (Å²) in [7, 11) is 1.48. The summed E-state index contributed by atoms with van der Waals surface area (Å²) < 4.78 is 54.5. The van der Waals surface area contributed by atoms with E-state index in [-0.39, 0.29) is 0 Å². The van der Waals surface area contributed by atoms with Crippen molar-refractivity contribution in [3.63, 3.8) is 0 Å². The number of alkyl halides is 3. The molecule has 9 heteroatoms. The highest BCUT2D eigenvalue weighted by atomic mass is 79.9. The Bertz CT molecular complexity index is 1190. The molecule has 1 aliphatic rings. The van der Waals surface area contributed by atoms with Gasteiger partial charge in [0, 0.05) is 51.8 Å². The third-order valence-corrected chi connectivity index (χ3v) is 7.17. The van der Waals surface area contributed by atoms with Crippen LogP contribution in [0.4, 0.5) is 18.9 Å². The maximum Gasteiger partial charge on any atom is 0.417 e. The molecule has 0 saturated carbocycles. The van der Waals surface area contributed by atoms with Gasteiger partial charge < -0.3 is 24.5 Å². The molecule has 0 radical (unpaired) electrons. The molecule has 1 aromatic heterocycles. The molecule has 190 valence electrons. The van der Waals surface area contributed by atoms with Crippen LogP contribution in [-0.4, -0.2) is 55.3 Å². The minimum absolute atomic E-state index is 0.330. The van der Waals surface area contributed by atoms with E-state index >= 15 is 0 Å². The lowest BCUT2D eigenvalue weighted by Gasteiger charge is -2.38. The highest BCUT2D eigenvalue weighted by Gasteiger charge is 2.56. The van der Waals surface area contributed by atoms with Crippen molar-refractivity contribution in [1.82, 2.24) is 4.98 Å². The molecule has 0 amide bonds. The van der Waals surface area contributed by atoms with Crippen LogP contribution in [-0.2, 0) is 16.6 Å². The number of H-pyrrole nitrogens is 1. The predicted molar refractivity (Wildman–Crippen MR) is 134 cm³/mol. The van der Waals surface area contributed by atoms with E-state index in [0.29, 0.717) is 30.2 Å². The van der Waals surface area contributed by atoms with E-state index in [1.807, 2.05) is 18.2 Å². The number of aromatic nitrogens is 1. The second-order valence-corrected chi connectivity index (χ2v) is 10.7. The summed E-state index contributed by atoms with van der Waals surface area (Å²) in [4.78, 5) is 5.27. The predicted octanol–water partition coefficient (Wildman–Crippen LogP) is 5.98. The third-order valence-electron chi connectivity index (χ3n) is 6.67. The van der Waals surface area contributed by atoms with Crippen LogP contribution in [0.25, 0.3) is 10.9 Å². The Morgan fingerprint density at radius 3 is 2.46 bits per heavy atom. The molecular formula is C26H30BrF3N2O3. The molecule has 2 aromatic carbocycles. The van der Waals surface area contributed by atoms with Crippen LogP contribution in [0.3, 0.4) is 0 Å². The van der Waals surface area contributed by atoms with Gasteiger partial charge in [-0.25, -0.2) is 0 Å². The smallest absolute Gasteiger partial charge is 0.417 e. The molecule has 1 unspecified atom stereocenters. The van der Waals surface area contributed by atoms with Gasteiger partial charge in [0.25, 0.3) is 0 Å². The molecular weight excluding hydrogens is 525 g/mol. The number of methoxy groups -OCH3 is 1. The fourth-order valence-corrected chi connectivity index (χ4v) is 5.27. The van der Waals surface area contributed by atoms with Crippen molar-refractivity contribution in [3.05, 3.63) is 58.2 Å². The van der Waals surface area contributed by atoms with Crippen molar-refractivity contribution in [2.45, 2.75) is 43.9 Å². The van der Waals surface area contributed by atoms with Crippen molar-refractivity contribution in [1.29, 1.82) is 0 Å². The first-order valence-electron chi connectivity index (χ1n) is 11.5. The first-order valence-corrected chi connectivity index (χ1v) is 12.3. The molecule has 1 aliphatic heterocycles. The van der Waals surface area contributed by atoms with Gasteiger partial charge in [0.05, 0.1) is 20.3 Å². The summed E-state index contributed by atoms with van der Waals surface area (Å²) in [6.07, 6.45) is -5.96. The number of morpholine rings is 1. The van der Waals surface area contributed by atoms with Gasteiger partial charge in [0.15, 0.2) is 5.60 Å². The number of ether oxygens (including phenoxy) is 2. The van der Waals surface area contributed by atoms with Gasteiger partial charge >= 0.3 is 6.18 Å². The lowest BCUT2D eigenvalue weighted by atomic mass is 9.73. The fourth-order valence-electron chi connectivity index (χ4n) is 4.91. The zero-order valence-electron chi connectivity index (χ0n) is 20.0. The van der Waals surface area contributed by atoms with Crippen molar-refractivity contribution < 1.29 is 27.8 Å². The molecule has 0 spiro atoms. The Labute approximate surface area is 211 Å². The molecule has 2 heterocycles. The van der Waals surface area contributed by atoms with Gasteiger partial charge in [-0.2, -0.15) is 13.2 Å². The summed E-state index contributed by atoms with van der Waals surface area (Å²) in [5.41, 5.74) is -1.33. The zero-order chi connectivity index (χ0) is 25.4. The lowest BCUT2D eigenvalue weighted by molar-refractivity contribution is -0.266. The number of aromatic amines is 1. The van der Waals surface area contributed by atoms with E-state index in [1.54, 1.807) is 38.1 Å². The SMILES string of the molecule is COc1ccc(Br)cc1C(C)(C)CC(O)(Cc1cc2cc(N3CCOCC3)ccc2[nH]1)C(F)(F)F. The Kier molecular flexibility index (Phi) is 7.14. The molecule has 2 N–H and O–H groups in total.